The molecule has 27 heavy (non-hydrogen) atoms. The van der Waals surface area contributed by atoms with Crippen molar-refractivity contribution in [1.29, 1.82) is 0 Å². The second-order valence-electron chi connectivity index (χ2n) is 6.28. The van der Waals surface area contributed by atoms with Gasteiger partial charge in [-0.25, -0.2) is 13.1 Å². The first kappa shape index (κ1) is 19.4. The number of nitrogens with zero attached hydrogens (tertiary/aromatic N) is 2. The van der Waals surface area contributed by atoms with E-state index in [1.54, 1.807) is 0 Å². The summed E-state index contributed by atoms with van der Waals surface area (Å²) in [5.74, 6) is 0. The van der Waals surface area contributed by atoms with Crippen LogP contribution in [0.3, 0.4) is 0 Å². The highest BCUT2D eigenvalue weighted by molar-refractivity contribution is 7.89. The van der Waals surface area contributed by atoms with E-state index < -0.39 is 14.9 Å². The molecule has 1 fully saturated rings. The molecule has 0 spiro atoms. The van der Waals surface area contributed by atoms with Crippen LogP contribution in [0.2, 0.25) is 0 Å². The standard InChI is InChI=1S/C18H21N3O5S/c22-21(23)17-2-1-3-18(12-17)27(24,25)19-13-15-4-6-16(7-5-15)14-20-8-10-26-11-9-20/h1-7,12,19H,8-11,13-14H2. The van der Waals surface area contributed by atoms with Gasteiger partial charge in [-0.2, -0.15) is 0 Å². The molecule has 0 unspecified atom stereocenters. The van der Waals surface area contributed by atoms with Crippen LogP contribution in [0.15, 0.2) is 53.4 Å². The average Bonchev–Trinajstić information content (AvgIpc) is 2.68. The zero-order valence-electron chi connectivity index (χ0n) is 14.7. The number of nitrogens with one attached hydrogen (secondary N) is 1. The molecule has 9 heteroatoms. The lowest BCUT2D eigenvalue weighted by Gasteiger charge is -2.26. The number of nitro groups is 1. The molecule has 1 saturated heterocycles. The third-order valence-corrected chi connectivity index (χ3v) is 5.74. The van der Waals surface area contributed by atoms with Crippen molar-refractivity contribution in [3.05, 3.63) is 69.8 Å². The highest BCUT2D eigenvalue weighted by Crippen LogP contribution is 2.17. The van der Waals surface area contributed by atoms with Gasteiger partial charge < -0.3 is 4.74 Å². The Balaban J connectivity index is 1.60. The summed E-state index contributed by atoms with van der Waals surface area (Å²) in [6.07, 6.45) is 0. The maximum Gasteiger partial charge on any atom is 0.270 e. The van der Waals surface area contributed by atoms with Gasteiger partial charge in [-0.3, -0.25) is 15.0 Å². The molecule has 2 aromatic carbocycles. The number of non-ortho nitro benzene ring substituents is 1. The molecule has 0 atom stereocenters. The zero-order valence-corrected chi connectivity index (χ0v) is 15.5. The molecule has 0 saturated carbocycles. The first-order valence-corrected chi connectivity index (χ1v) is 10.0. The maximum absolute atomic E-state index is 12.4. The van der Waals surface area contributed by atoms with E-state index in [0.717, 1.165) is 50.0 Å². The fourth-order valence-corrected chi connectivity index (χ4v) is 3.86. The molecule has 0 bridgehead atoms. The van der Waals surface area contributed by atoms with Crippen LogP contribution in [0.4, 0.5) is 5.69 Å². The van der Waals surface area contributed by atoms with Crippen molar-refractivity contribution in [2.24, 2.45) is 0 Å². The van der Waals surface area contributed by atoms with E-state index in [4.69, 9.17) is 4.74 Å². The van der Waals surface area contributed by atoms with Gasteiger partial charge >= 0.3 is 0 Å². The number of ether oxygens (including phenoxy) is 1. The van der Waals surface area contributed by atoms with E-state index >= 15 is 0 Å². The molecule has 1 aliphatic rings. The van der Waals surface area contributed by atoms with Gasteiger partial charge in [0.15, 0.2) is 0 Å². The van der Waals surface area contributed by atoms with Gasteiger partial charge in [0.1, 0.15) is 0 Å². The Morgan fingerprint density at radius 3 is 2.41 bits per heavy atom. The minimum absolute atomic E-state index is 0.114. The van der Waals surface area contributed by atoms with Gasteiger partial charge in [-0.05, 0) is 17.2 Å². The second kappa shape index (κ2) is 8.57. The summed E-state index contributed by atoms with van der Waals surface area (Å²) >= 11 is 0. The molecule has 8 nitrogen and oxygen atoms in total. The zero-order chi connectivity index (χ0) is 19.3. The van der Waals surface area contributed by atoms with Crippen LogP contribution in [-0.4, -0.2) is 44.5 Å². The van der Waals surface area contributed by atoms with Crippen molar-refractivity contribution in [3.8, 4) is 0 Å². The number of hydrogen-bond acceptors (Lipinski definition) is 6. The van der Waals surface area contributed by atoms with Crippen molar-refractivity contribution in [1.82, 2.24) is 9.62 Å². The molecule has 144 valence electrons. The van der Waals surface area contributed by atoms with Gasteiger partial charge in [-0.1, -0.05) is 30.3 Å². The Bertz CT molecular complexity index is 893. The number of morpholine rings is 1. The van der Waals surface area contributed by atoms with Crippen LogP contribution in [-0.2, 0) is 27.8 Å². The normalized spacial score (nSPS) is 15.6. The van der Waals surface area contributed by atoms with E-state index in [1.807, 2.05) is 24.3 Å². The number of benzene rings is 2. The molecule has 0 amide bonds. The van der Waals surface area contributed by atoms with Gasteiger partial charge in [0.2, 0.25) is 10.0 Å². The summed E-state index contributed by atoms with van der Waals surface area (Å²) in [7, 11) is -3.82. The lowest BCUT2D eigenvalue weighted by atomic mass is 10.1. The number of nitro benzene ring substituents is 1. The Morgan fingerprint density at radius 1 is 1.07 bits per heavy atom. The summed E-state index contributed by atoms with van der Waals surface area (Å²) in [5, 5.41) is 10.8. The Labute approximate surface area is 158 Å². The first-order chi connectivity index (χ1) is 12.9. The minimum Gasteiger partial charge on any atom is -0.379 e. The summed E-state index contributed by atoms with van der Waals surface area (Å²) in [4.78, 5) is 12.4. The van der Waals surface area contributed by atoms with E-state index in [0.29, 0.717) is 0 Å². The molecule has 3 rings (SSSR count). The molecule has 2 aromatic rings. The predicted molar refractivity (Wildman–Crippen MR) is 99.7 cm³/mol. The topological polar surface area (TPSA) is 102 Å². The quantitative estimate of drug-likeness (QED) is 0.571. The Morgan fingerprint density at radius 2 is 1.74 bits per heavy atom. The SMILES string of the molecule is O=[N+]([O-])c1cccc(S(=O)(=O)NCc2ccc(CN3CCOCC3)cc2)c1. The van der Waals surface area contributed by atoms with Gasteiger partial charge in [0, 0.05) is 38.3 Å². The summed E-state index contributed by atoms with van der Waals surface area (Å²) < 4.78 is 32.5. The van der Waals surface area contributed by atoms with Crippen molar-refractivity contribution in [2.45, 2.75) is 18.0 Å². The van der Waals surface area contributed by atoms with Crippen LogP contribution in [0, 0.1) is 10.1 Å². The third-order valence-electron chi connectivity index (χ3n) is 4.34. The molecule has 1 N–H and O–H groups in total. The van der Waals surface area contributed by atoms with Gasteiger partial charge in [0.05, 0.1) is 23.0 Å². The highest BCUT2D eigenvalue weighted by Gasteiger charge is 2.17. The molecule has 1 aliphatic heterocycles. The smallest absolute Gasteiger partial charge is 0.270 e. The second-order valence-corrected chi connectivity index (χ2v) is 8.05. The van der Waals surface area contributed by atoms with E-state index in [9.17, 15) is 18.5 Å². The van der Waals surface area contributed by atoms with Crippen LogP contribution in [0.5, 0.6) is 0 Å². The Hall–Kier alpha value is -2.33. The van der Waals surface area contributed by atoms with Gasteiger partial charge in [-0.15, -0.1) is 0 Å². The number of hydrogen-bond donors (Lipinski definition) is 1. The fraction of sp³-hybridized carbons (Fsp3) is 0.333. The van der Waals surface area contributed by atoms with E-state index in [2.05, 4.69) is 9.62 Å². The van der Waals surface area contributed by atoms with Crippen molar-refractivity contribution < 1.29 is 18.1 Å². The first-order valence-electron chi connectivity index (χ1n) is 8.56. The van der Waals surface area contributed by atoms with Crippen molar-refractivity contribution >= 4 is 15.7 Å². The maximum atomic E-state index is 12.4. The summed E-state index contributed by atoms with van der Waals surface area (Å²) in [6.45, 7) is 4.26. The van der Waals surface area contributed by atoms with Crippen molar-refractivity contribution in [3.63, 3.8) is 0 Å². The van der Waals surface area contributed by atoms with Crippen LogP contribution < -0.4 is 4.72 Å². The highest BCUT2D eigenvalue weighted by atomic mass is 32.2. The third kappa shape index (κ3) is 5.33. The summed E-state index contributed by atoms with van der Waals surface area (Å²) in [6, 6.07) is 12.7. The molecule has 1 heterocycles. The van der Waals surface area contributed by atoms with Crippen LogP contribution >= 0.6 is 0 Å². The number of rotatable bonds is 7. The molecule has 0 aliphatic carbocycles. The molecule has 0 aromatic heterocycles. The lowest BCUT2D eigenvalue weighted by molar-refractivity contribution is -0.385. The van der Waals surface area contributed by atoms with E-state index in [-0.39, 0.29) is 17.1 Å². The molecular weight excluding hydrogens is 370 g/mol. The monoisotopic (exact) mass is 391 g/mol. The molecule has 0 radical (unpaired) electrons. The van der Waals surface area contributed by atoms with Gasteiger partial charge in [0.25, 0.3) is 5.69 Å². The number of sulfonamides is 1. The molecular formula is C18H21N3O5S. The largest absolute Gasteiger partial charge is 0.379 e. The van der Waals surface area contributed by atoms with Crippen LogP contribution in [0.25, 0.3) is 0 Å². The summed E-state index contributed by atoms with van der Waals surface area (Å²) in [5.41, 5.74) is 1.71. The Kier molecular flexibility index (Phi) is 6.17. The van der Waals surface area contributed by atoms with Crippen molar-refractivity contribution in [2.75, 3.05) is 26.3 Å². The predicted octanol–water partition coefficient (Wildman–Crippen LogP) is 1.91. The lowest BCUT2D eigenvalue weighted by Crippen LogP contribution is -2.35. The van der Waals surface area contributed by atoms with Crippen LogP contribution in [0.1, 0.15) is 11.1 Å². The van der Waals surface area contributed by atoms with E-state index in [1.165, 1.54) is 18.2 Å². The average molecular weight is 391 g/mol. The fourth-order valence-electron chi connectivity index (χ4n) is 2.81. The minimum atomic E-state index is -3.82.